The molecule has 0 amide bonds. The molecule has 1 aromatic carbocycles. The maximum Gasteiger partial charge on any atom is 0.313 e. The predicted molar refractivity (Wildman–Crippen MR) is 66.3 cm³/mol. The molecule has 0 saturated carbocycles. The maximum atomic E-state index is 13.4. The number of aliphatic carboxylic acids is 1. The van der Waals surface area contributed by atoms with E-state index in [2.05, 4.69) is 15.5 Å². The molecule has 1 aromatic heterocycles. The highest BCUT2D eigenvalue weighted by Crippen LogP contribution is 2.14. The molecule has 0 saturated heterocycles. The van der Waals surface area contributed by atoms with Crippen molar-refractivity contribution in [2.75, 3.05) is 5.75 Å². The first-order chi connectivity index (χ1) is 9.16. The lowest BCUT2D eigenvalue weighted by Crippen LogP contribution is -2.07. The van der Waals surface area contributed by atoms with Crippen LogP contribution in [0.5, 0.6) is 0 Å². The first-order valence-corrected chi connectivity index (χ1v) is 6.49. The fraction of sp³-hybridized carbons (Fsp3) is 0.273. The quantitative estimate of drug-likeness (QED) is 0.803. The predicted octanol–water partition coefficient (Wildman–Crippen LogP) is 1.23. The summed E-state index contributed by atoms with van der Waals surface area (Å²) >= 11 is 1.03. The van der Waals surface area contributed by atoms with E-state index in [-0.39, 0.29) is 11.6 Å². The van der Waals surface area contributed by atoms with Crippen LogP contribution in [0.3, 0.4) is 0 Å². The van der Waals surface area contributed by atoms with Gasteiger partial charge in [0.15, 0.2) is 0 Å². The molecule has 0 atom stereocenters. The molecule has 0 aliphatic heterocycles. The summed E-state index contributed by atoms with van der Waals surface area (Å²) < 4.78 is 14.9. The van der Waals surface area contributed by atoms with E-state index < -0.39 is 5.97 Å². The molecule has 0 aliphatic carbocycles. The monoisotopic (exact) mass is 282 g/mol. The summed E-state index contributed by atoms with van der Waals surface area (Å²) in [6, 6.07) is 6.49. The van der Waals surface area contributed by atoms with Gasteiger partial charge in [-0.05, 0) is 28.5 Å². The molecule has 100 valence electrons. The Morgan fingerprint density at radius 3 is 2.95 bits per heavy atom. The number of hydrogen-bond acceptors (Lipinski definition) is 5. The van der Waals surface area contributed by atoms with E-state index in [4.69, 9.17) is 5.11 Å². The van der Waals surface area contributed by atoms with Crippen LogP contribution < -0.4 is 0 Å². The van der Waals surface area contributed by atoms with Gasteiger partial charge in [0.1, 0.15) is 5.82 Å². The Hall–Kier alpha value is -1.96. The minimum absolute atomic E-state index is 0.111. The van der Waals surface area contributed by atoms with Crippen LogP contribution in [0.4, 0.5) is 4.39 Å². The number of carboxylic acids is 1. The van der Waals surface area contributed by atoms with Gasteiger partial charge < -0.3 is 5.11 Å². The second-order valence-electron chi connectivity index (χ2n) is 3.71. The number of rotatable bonds is 6. The number of thioether (sulfide) groups is 1. The van der Waals surface area contributed by atoms with Crippen LogP contribution in [0.1, 0.15) is 5.56 Å². The summed E-state index contributed by atoms with van der Waals surface area (Å²) in [5.74, 6) is -1.32. The van der Waals surface area contributed by atoms with Gasteiger partial charge in [-0.15, -0.1) is 5.10 Å². The molecule has 8 heteroatoms. The number of carboxylic acid groups (broad SMARTS) is 1. The number of tetrazole rings is 1. The Morgan fingerprint density at radius 2 is 2.21 bits per heavy atom. The van der Waals surface area contributed by atoms with Gasteiger partial charge >= 0.3 is 5.97 Å². The normalized spacial score (nSPS) is 10.6. The van der Waals surface area contributed by atoms with Crippen LogP contribution in [-0.4, -0.2) is 37.0 Å². The number of carbonyl (C=O) groups is 1. The van der Waals surface area contributed by atoms with Gasteiger partial charge in [0, 0.05) is 6.54 Å². The topological polar surface area (TPSA) is 80.9 Å². The van der Waals surface area contributed by atoms with Gasteiger partial charge in [0.2, 0.25) is 5.16 Å². The van der Waals surface area contributed by atoms with Crippen LogP contribution in [0.15, 0.2) is 29.4 Å². The minimum atomic E-state index is -0.936. The SMILES string of the molecule is O=C(O)CSc1nnnn1CCc1ccccc1F. The van der Waals surface area contributed by atoms with E-state index >= 15 is 0 Å². The van der Waals surface area contributed by atoms with Crippen molar-refractivity contribution in [3.05, 3.63) is 35.6 Å². The molecule has 0 radical (unpaired) electrons. The number of aryl methyl sites for hydroxylation is 2. The van der Waals surface area contributed by atoms with Crippen molar-refractivity contribution in [1.82, 2.24) is 20.2 Å². The number of aromatic nitrogens is 4. The molecule has 2 aromatic rings. The summed E-state index contributed by atoms with van der Waals surface area (Å²) in [6.45, 7) is 0.399. The Bertz CT molecular complexity index is 575. The zero-order valence-electron chi connectivity index (χ0n) is 9.86. The van der Waals surface area contributed by atoms with Gasteiger partial charge in [-0.2, -0.15) is 0 Å². The highest BCUT2D eigenvalue weighted by molar-refractivity contribution is 7.99. The van der Waals surface area contributed by atoms with Crippen LogP contribution in [-0.2, 0) is 17.8 Å². The molecule has 19 heavy (non-hydrogen) atoms. The largest absolute Gasteiger partial charge is 0.481 e. The summed E-state index contributed by atoms with van der Waals surface area (Å²) in [5.41, 5.74) is 0.576. The standard InChI is InChI=1S/C11H11FN4O2S/c12-9-4-2-1-3-8(9)5-6-16-11(13-14-15-16)19-7-10(17)18/h1-4H,5-7H2,(H,17,18). The average molecular weight is 282 g/mol. The second kappa shape index (κ2) is 6.28. The van der Waals surface area contributed by atoms with E-state index in [1.165, 1.54) is 10.7 Å². The zero-order chi connectivity index (χ0) is 13.7. The van der Waals surface area contributed by atoms with Crippen molar-refractivity contribution < 1.29 is 14.3 Å². The lowest BCUT2D eigenvalue weighted by Gasteiger charge is -2.04. The Labute approximate surface area is 112 Å². The lowest BCUT2D eigenvalue weighted by molar-refractivity contribution is -0.133. The van der Waals surface area contributed by atoms with Crippen molar-refractivity contribution in [2.45, 2.75) is 18.1 Å². The lowest BCUT2D eigenvalue weighted by atomic mass is 10.1. The highest BCUT2D eigenvalue weighted by Gasteiger charge is 2.10. The van der Waals surface area contributed by atoms with E-state index in [0.717, 1.165) is 11.8 Å². The van der Waals surface area contributed by atoms with Gasteiger partial charge in [0.05, 0.1) is 5.75 Å². The fourth-order valence-corrected chi connectivity index (χ4v) is 2.12. The molecule has 0 aliphatic rings. The van der Waals surface area contributed by atoms with Crippen LogP contribution in [0.2, 0.25) is 0 Å². The van der Waals surface area contributed by atoms with Crippen molar-refractivity contribution in [3.63, 3.8) is 0 Å². The molecule has 0 fully saturated rings. The van der Waals surface area contributed by atoms with Gasteiger partial charge in [-0.3, -0.25) is 4.79 Å². The van der Waals surface area contributed by atoms with E-state index in [9.17, 15) is 9.18 Å². The molecule has 0 bridgehead atoms. The number of halogens is 1. The summed E-state index contributed by atoms with van der Waals surface area (Å²) in [5, 5.41) is 20.0. The minimum Gasteiger partial charge on any atom is -0.481 e. The summed E-state index contributed by atoms with van der Waals surface area (Å²) in [4.78, 5) is 10.5. The van der Waals surface area contributed by atoms with E-state index in [1.807, 2.05) is 0 Å². The third-order valence-corrected chi connectivity index (χ3v) is 3.32. The first-order valence-electron chi connectivity index (χ1n) is 5.51. The third kappa shape index (κ3) is 3.75. The number of hydrogen-bond donors (Lipinski definition) is 1. The smallest absolute Gasteiger partial charge is 0.313 e. The number of benzene rings is 1. The molecule has 1 heterocycles. The molecular formula is C11H11FN4O2S. The first kappa shape index (κ1) is 13.5. The van der Waals surface area contributed by atoms with Crippen LogP contribution in [0.25, 0.3) is 0 Å². The van der Waals surface area contributed by atoms with Gasteiger partial charge in [0.25, 0.3) is 0 Å². The van der Waals surface area contributed by atoms with E-state index in [1.54, 1.807) is 18.2 Å². The third-order valence-electron chi connectivity index (χ3n) is 2.37. The van der Waals surface area contributed by atoms with Crippen molar-refractivity contribution in [2.24, 2.45) is 0 Å². The van der Waals surface area contributed by atoms with Crippen molar-refractivity contribution in [1.29, 1.82) is 0 Å². The zero-order valence-corrected chi connectivity index (χ0v) is 10.7. The van der Waals surface area contributed by atoms with Crippen LogP contribution >= 0.6 is 11.8 Å². The second-order valence-corrected chi connectivity index (χ2v) is 4.65. The maximum absolute atomic E-state index is 13.4. The fourth-order valence-electron chi connectivity index (χ4n) is 1.49. The van der Waals surface area contributed by atoms with Crippen molar-refractivity contribution in [3.8, 4) is 0 Å². The van der Waals surface area contributed by atoms with Gasteiger partial charge in [-0.1, -0.05) is 30.0 Å². The molecule has 1 N–H and O–H groups in total. The Balaban J connectivity index is 1.98. The summed E-state index contributed by atoms with van der Waals surface area (Å²) in [7, 11) is 0. The highest BCUT2D eigenvalue weighted by atomic mass is 32.2. The Morgan fingerprint density at radius 1 is 1.42 bits per heavy atom. The van der Waals surface area contributed by atoms with Gasteiger partial charge in [-0.25, -0.2) is 9.07 Å². The molecule has 0 unspecified atom stereocenters. The van der Waals surface area contributed by atoms with Crippen molar-refractivity contribution >= 4 is 17.7 Å². The average Bonchev–Trinajstić information content (AvgIpc) is 2.83. The summed E-state index contributed by atoms with van der Waals surface area (Å²) in [6.07, 6.45) is 0.443. The van der Waals surface area contributed by atoms with E-state index in [0.29, 0.717) is 23.7 Å². The number of nitrogens with zero attached hydrogens (tertiary/aromatic N) is 4. The molecular weight excluding hydrogens is 271 g/mol. The molecule has 6 nitrogen and oxygen atoms in total. The van der Waals surface area contributed by atoms with Crippen LogP contribution in [0, 0.1) is 5.82 Å². The molecule has 2 rings (SSSR count). The molecule has 0 spiro atoms. The Kier molecular flexibility index (Phi) is 4.45.